The standard InChI is InChI=1S/C30H42ClN3O5/c1-8-9-12-18-34(28(37)24(19(2)3)33-29(38)39-30(5,6)7)26(21-15-10-11-17-23(21)35)27(36)32-25-20(4)14-13-16-22(25)31/h10-11,13-17,19,24,26,35H,8-9,12,18H2,1-7H3,(H,32,36)(H,33,38). The summed E-state index contributed by atoms with van der Waals surface area (Å²) in [5, 5.41) is 16.7. The molecule has 0 bridgehead atoms. The normalized spacial score (nSPS) is 12.9. The highest BCUT2D eigenvalue weighted by Crippen LogP contribution is 2.33. The minimum absolute atomic E-state index is 0.122. The number of amides is 3. The third kappa shape index (κ3) is 9.17. The molecule has 9 heteroatoms. The fourth-order valence-corrected chi connectivity index (χ4v) is 4.45. The molecule has 0 aromatic heterocycles. The van der Waals surface area contributed by atoms with Crippen molar-refractivity contribution in [2.75, 3.05) is 11.9 Å². The van der Waals surface area contributed by atoms with Crippen LogP contribution in [0.4, 0.5) is 10.5 Å². The molecule has 0 heterocycles. The van der Waals surface area contributed by atoms with Gasteiger partial charge in [-0.05, 0) is 57.7 Å². The van der Waals surface area contributed by atoms with Crippen LogP contribution in [-0.2, 0) is 14.3 Å². The minimum atomic E-state index is -1.19. The Bertz CT molecular complexity index is 1130. The topological polar surface area (TPSA) is 108 Å². The van der Waals surface area contributed by atoms with Crippen molar-refractivity contribution in [3.05, 3.63) is 58.6 Å². The second kappa shape index (κ2) is 14.2. The van der Waals surface area contributed by atoms with Gasteiger partial charge in [0, 0.05) is 12.1 Å². The zero-order valence-electron chi connectivity index (χ0n) is 24.0. The third-order valence-corrected chi connectivity index (χ3v) is 6.47. The first kappa shape index (κ1) is 32.0. The number of aryl methyl sites for hydroxylation is 1. The van der Waals surface area contributed by atoms with E-state index in [2.05, 4.69) is 10.6 Å². The lowest BCUT2D eigenvalue weighted by molar-refractivity contribution is -0.141. The van der Waals surface area contributed by atoms with E-state index in [1.54, 1.807) is 51.1 Å². The summed E-state index contributed by atoms with van der Waals surface area (Å²) in [6, 6.07) is 9.56. The van der Waals surface area contributed by atoms with Gasteiger partial charge in [0.15, 0.2) is 0 Å². The van der Waals surface area contributed by atoms with Crippen molar-refractivity contribution in [3.63, 3.8) is 0 Å². The van der Waals surface area contributed by atoms with Crippen LogP contribution >= 0.6 is 11.6 Å². The summed E-state index contributed by atoms with van der Waals surface area (Å²) in [5.41, 5.74) is 0.699. The van der Waals surface area contributed by atoms with Crippen molar-refractivity contribution in [3.8, 4) is 5.75 Å². The molecule has 0 saturated heterocycles. The van der Waals surface area contributed by atoms with Gasteiger partial charge in [-0.3, -0.25) is 9.59 Å². The van der Waals surface area contributed by atoms with Gasteiger partial charge < -0.3 is 25.4 Å². The van der Waals surface area contributed by atoms with Crippen LogP contribution in [0.25, 0.3) is 0 Å². The molecule has 0 spiro atoms. The molecule has 0 radical (unpaired) electrons. The molecule has 2 unspecified atom stereocenters. The predicted octanol–water partition coefficient (Wildman–Crippen LogP) is 6.60. The molecule has 3 N–H and O–H groups in total. The highest BCUT2D eigenvalue weighted by atomic mass is 35.5. The van der Waals surface area contributed by atoms with E-state index in [4.69, 9.17) is 16.3 Å². The average Bonchev–Trinajstić information content (AvgIpc) is 2.83. The van der Waals surface area contributed by atoms with Gasteiger partial charge in [-0.2, -0.15) is 0 Å². The van der Waals surface area contributed by atoms with Crippen LogP contribution < -0.4 is 10.6 Å². The van der Waals surface area contributed by atoms with Crippen LogP contribution in [0.15, 0.2) is 42.5 Å². The Labute approximate surface area is 237 Å². The fourth-order valence-electron chi connectivity index (χ4n) is 4.18. The largest absolute Gasteiger partial charge is 0.508 e. The molecule has 2 rings (SSSR count). The summed E-state index contributed by atoms with van der Waals surface area (Å²) in [7, 11) is 0. The van der Waals surface area contributed by atoms with Crippen molar-refractivity contribution >= 4 is 35.2 Å². The molecule has 8 nitrogen and oxygen atoms in total. The lowest BCUT2D eigenvalue weighted by atomic mass is 9.97. The lowest BCUT2D eigenvalue weighted by Crippen LogP contribution is -2.54. The van der Waals surface area contributed by atoms with Crippen LogP contribution in [0.1, 0.15) is 78.0 Å². The van der Waals surface area contributed by atoms with E-state index in [1.807, 2.05) is 33.8 Å². The van der Waals surface area contributed by atoms with Gasteiger partial charge in [0.2, 0.25) is 5.91 Å². The van der Waals surface area contributed by atoms with E-state index in [0.717, 1.165) is 18.4 Å². The minimum Gasteiger partial charge on any atom is -0.508 e. The molecule has 0 aliphatic rings. The highest BCUT2D eigenvalue weighted by Gasteiger charge is 2.38. The molecule has 3 amide bonds. The van der Waals surface area contributed by atoms with Crippen molar-refractivity contribution in [2.45, 2.75) is 85.4 Å². The number of anilines is 1. The first-order chi connectivity index (χ1) is 18.3. The van der Waals surface area contributed by atoms with Crippen LogP contribution in [0.5, 0.6) is 5.75 Å². The summed E-state index contributed by atoms with van der Waals surface area (Å²) >= 11 is 6.40. The van der Waals surface area contributed by atoms with E-state index in [9.17, 15) is 19.5 Å². The van der Waals surface area contributed by atoms with Crippen molar-refractivity contribution < 1.29 is 24.2 Å². The Kier molecular flexibility index (Phi) is 11.6. The second-order valence-electron chi connectivity index (χ2n) is 11.0. The number of hydrogen-bond donors (Lipinski definition) is 3. The fraction of sp³-hybridized carbons (Fsp3) is 0.500. The molecular formula is C30H42ClN3O5. The quantitative estimate of drug-likeness (QED) is 0.269. The number of nitrogens with zero attached hydrogens (tertiary/aromatic N) is 1. The van der Waals surface area contributed by atoms with Gasteiger partial charge in [-0.25, -0.2) is 4.79 Å². The third-order valence-electron chi connectivity index (χ3n) is 6.15. The SMILES string of the molecule is CCCCCN(C(=O)C(NC(=O)OC(C)(C)C)C(C)C)C(C(=O)Nc1c(C)cccc1Cl)c1ccccc1O. The number of rotatable bonds is 11. The van der Waals surface area contributed by atoms with Gasteiger partial charge in [-0.1, -0.05) is 75.5 Å². The van der Waals surface area contributed by atoms with Crippen LogP contribution in [0, 0.1) is 12.8 Å². The van der Waals surface area contributed by atoms with E-state index in [1.165, 1.54) is 11.0 Å². The number of aromatic hydroxyl groups is 1. The summed E-state index contributed by atoms with van der Waals surface area (Å²) in [6.45, 7) is 12.9. The molecule has 2 atom stereocenters. The Morgan fingerprint density at radius 2 is 1.72 bits per heavy atom. The van der Waals surface area contributed by atoms with Crippen LogP contribution in [-0.4, -0.2) is 46.1 Å². The highest BCUT2D eigenvalue weighted by molar-refractivity contribution is 6.34. The number of hydrogen-bond acceptors (Lipinski definition) is 5. The van der Waals surface area contributed by atoms with E-state index in [0.29, 0.717) is 17.1 Å². The molecule has 2 aromatic carbocycles. The number of ether oxygens (including phenoxy) is 1. The van der Waals surface area contributed by atoms with E-state index in [-0.39, 0.29) is 23.8 Å². The number of phenols is 1. The molecule has 0 aliphatic heterocycles. The van der Waals surface area contributed by atoms with Gasteiger partial charge in [0.1, 0.15) is 23.4 Å². The number of para-hydroxylation sites is 2. The molecule has 0 saturated carbocycles. The Balaban J connectivity index is 2.58. The monoisotopic (exact) mass is 559 g/mol. The zero-order chi connectivity index (χ0) is 29.3. The number of halogens is 1. The van der Waals surface area contributed by atoms with Crippen molar-refractivity contribution in [2.24, 2.45) is 5.92 Å². The first-order valence-electron chi connectivity index (χ1n) is 13.4. The number of carbonyl (C=O) groups excluding carboxylic acids is 3. The van der Waals surface area contributed by atoms with Gasteiger partial charge >= 0.3 is 6.09 Å². The molecule has 0 aliphatic carbocycles. The maximum absolute atomic E-state index is 14.2. The number of benzene rings is 2. The Hall–Kier alpha value is -3.26. The Morgan fingerprint density at radius 3 is 2.28 bits per heavy atom. The number of alkyl carbamates (subject to hydrolysis) is 1. The van der Waals surface area contributed by atoms with E-state index >= 15 is 0 Å². The molecule has 0 fully saturated rings. The number of carbonyl (C=O) groups is 3. The zero-order valence-corrected chi connectivity index (χ0v) is 24.8. The smallest absolute Gasteiger partial charge is 0.408 e. The van der Waals surface area contributed by atoms with Gasteiger partial charge in [0.05, 0.1) is 10.7 Å². The second-order valence-corrected chi connectivity index (χ2v) is 11.4. The summed E-state index contributed by atoms with van der Waals surface area (Å²) in [5.74, 6) is -1.41. The van der Waals surface area contributed by atoms with Crippen LogP contribution in [0.3, 0.4) is 0 Å². The number of phenolic OH excluding ortho intramolecular Hbond substituents is 1. The Morgan fingerprint density at radius 1 is 1.05 bits per heavy atom. The molecular weight excluding hydrogens is 518 g/mol. The maximum Gasteiger partial charge on any atom is 0.408 e. The average molecular weight is 560 g/mol. The first-order valence-corrected chi connectivity index (χ1v) is 13.8. The molecule has 39 heavy (non-hydrogen) atoms. The van der Waals surface area contributed by atoms with Gasteiger partial charge in [0.25, 0.3) is 5.91 Å². The molecule has 214 valence electrons. The van der Waals surface area contributed by atoms with Crippen LogP contribution in [0.2, 0.25) is 5.02 Å². The van der Waals surface area contributed by atoms with Gasteiger partial charge in [-0.15, -0.1) is 0 Å². The maximum atomic E-state index is 14.2. The number of unbranched alkanes of at least 4 members (excludes halogenated alkanes) is 2. The summed E-state index contributed by atoms with van der Waals surface area (Å²) in [6.07, 6.45) is 1.63. The number of nitrogens with one attached hydrogen (secondary N) is 2. The summed E-state index contributed by atoms with van der Waals surface area (Å²) in [4.78, 5) is 42.2. The van der Waals surface area contributed by atoms with Crippen molar-refractivity contribution in [1.82, 2.24) is 10.2 Å². The van der Waals surface area contributed by atoms with Crippen molar-refractivity contribution in [1.29, 1.82) is 0 Å². The summed E-state index contributed by atoms with van der Waals surface area (Å²) < 4.78 is 5.41. The molecule has 2 aromatic rings. The predicted molar refractivity (Wildman–Crippen MR) is 155 cm³/mol. The van der Waals surface area contributed by atoms with E-state index < -0.39 is 35.6 Å². The lowest BCUT2D eigenvalue weighted by Gasteiger charge is -2.36.